The van der Waals surface area contributed by atoms with Crippen LogP contribution in [0.3, 0.4) is 0 Å². The Balaban J connectivity index is 0.000000708. The molecule has 6 heteroatoms. The van der Waals surface area contributed by atoms with Gasteiger partial charge in [-0.1, -0.05) is 215 Å². The van der Waals surface area contributed by atoms with Crippen LogP contribution in [0.5, 0.6) is 0 Å². The number of aromatic nitrogens is 1. The number of carbonyl (C=O) groups excluding carboxylic acids is 1. The monoisotopic (exact) mass is 1340 g/mol. The number of aliphatic hydroxyl groups excluding tert-OH is 1. The first kappa shape index (κ1) is 70.3. The number of thiophene rings is 1. The predicted molar refractivity (Wildman–Crippen MR) is 368 cm³/mol. The molecule has 3 nitrogen and oxygen atoms in total. The minimum atomic E-state index is -3.12. The third kappa shape index (κ3) is 17.6. The van der Waals surface area contributed by atoms with Crippen LogP contribution in [0.15, 0.2) is 115 Å². The molecule has 0 aliphatic heterocycles. The molecule has 2 aromatic heterocycles. The van der Waals surface area contributed by atoms with Crippen molar-refractivity contribution in [2.75, 3.05) is 0 Å². The van der Waals surface area contributed by atoms with Gasteiger partial charge in [-0.25, -0.2) is 0 Å². The zero-order valence-corrected chi connectivity index (χ0v) is 59.8. The number of nitrogens with zero attached hydrogens (tertiary/aromatic N) is 1. The second-order valence-corrected chi connectivity index (χ2v) is 32.7. The molecule has 7 aromatic rings. The number of ketones is 1. The molecule has 0 unspecified atom stereocenters. The molecular weight excluding hydrogens is 1240 g/mol. The van der Waals surface area contributed by atoms with Crippen molar-refractivity contribution < 1.29 is 30.0 Å². The number of benzene rings is 5. The molecule has 5 aromatic carbocycles. The van der Waals surface area contributed by atoms with Crippen LogP contribution in [-0.2, 0) is 68.8 Å². The molecule has 0 saturated carbocycles. The van der Waals surface area contributed by atoms with Gasteiger partial charge in [0.05, 0.1) is 5.76 Å². The van der Waals surface area contributed by atoms with Crippen molar-refractivity contribution in [3.8, 4) is 11.3 Å². The van der Waals surface area contributed by atoms with Crippen LogP contribution in [0, 0.1) is 53.4 Å². The molecule has 0 atom stereocenters. The van der Waals surface area contributed by atoms with Gasteiger partial charge in [0.25, 0.3) is 0 Å². The number of pyridine rings is 1. The second kappa shape index (κ2) is 32.0. The minimum Gasteiger partial charge on any atom is -0.512 e. The topological polar surface area (TPSA) is 50.2 Å². The Kier molecular flexibility index (Phi) is 26.8. The van der Waals surface area contributed by atoms with E-state index in [0.29, 0.717) is 35.5 Å². The fraction of sp³-hybridized carbons (Fsp3) is 0.513. The maximum Gasteiger partial charge on any atom is 0.191 e. The van der Waals surface area contributed by atoms with Crippen molar-refractivity contribution in [3.63, 3.8) is 0 Å². The number of fused-ring (bicyclic) bond motifs is 2. The summed E-state index contributed by atoms with van der Waals surface area (Å²) in [5, 5.41) is 18.1. The molecule has 0 aliphatic carbocycles. The van der Waals surface area contributed by atoms with E-state index in [-0.39, 0.29) is 48.9 Å². The summed E-state index contributed by atoms with van der Waals surface area (Å²) in [6, 6.07) is 44.0. The molecule has 0 fully saturated rings. The van der Waals surface area contributed by atoms with Gasteiger partial charge in [0, 0.05) is 59.1 Å². The summed E-state index contributed by atoms with van der Waals surface area (Å²) < 4.78 is 2.77. The maximum atomic E-state index is 11.7. The number of allylic oxidation sites excluding steroid dienone is 2. The van der Waals surface area contributed by atoms with Gasteiger partial charge in [-0.15, -0.1) is 40.5 Å². The number of hydrogen-bond acceptors (Lipinski definition) is 4. The molecule has 0 amide bonds. The van der Waals surface area contributed by atoms with E-state index in [9.17, 15) is 9.90 Å². The van der Waals surface area contributed by atoms with E-state index >= 15 is 0 Å². The fourth-order valence-corrected chi connectivity index (χ4v) is 20.5. The number of aliphatic hydroxyl groups is 1. The number of rotatable bonds is 27. The average molecular weight is 1340 g/mol. The van der Waals surface area contributed by atoms with Gasteiger partial charge in [0.2, 0.25) is 0 Å². The third-order valence-electron chi connectivity index (χ3n) is 17.4. The smallest absolute Gasteiger partial charge is 0.191 e. The van der Waals surface area contributed by atoms with Crippen LogP contribution in [0.2, 0.25) is 0 Å². The summed E-state index contributed by atoms with van der Waals surface area (Å²) in [5.74, 6) is 3.86. The quantitative estimate of drug-likeness (QED) is 0.0184. The van der Waals surface area contributed by atoms with Crippen LogP contribution < -0.4 is 20.1 Å². The van der Waals surface area contributed by atoms with E-state index in [1.165, 1.54) is 85.9 Å². The second-order valence-electron chi connectivity index (χ2n) is 27.5. The Morgan fingerprint density at radius 3 is 1.32 bits per heavy atom. The van der Waals surface area contributed by atoms with Gasteiger partial charge < -0.3 is 5.11 Å². The first-order valence-electron chi connectivity index (χ1n) is 32.6. The van der Waals surface area contributed by atoms with E-state index in [0.717, 1.165) is 88.3 Å². The SMILES string of the molecule is CCC(C)(CC)c1cc(-c2nccc3cc([Si](c4cc(CC(C)C)cc(CC(C)C)c4)(c4cc(CC(C)C)cc(CC(C)C)c4)c4cc(CC(C)C)cc(CC(C)C)c4)sc23)[c-]c2ccccc12.CCC(CC)C(=O)/C=C(\O)C(CC)CC.[Ir]. The van der Waals surface area contributed by atoms with E-state index in [2.05, 4.69) is 213 Å². The van der Waals surface area contributed by atoms with Crippen molar-refractivity contribution in [3.05, 3.63) is 160 Å². The Labute approximate surface area is 530 Å². The van der Waals surface area contributed by atoms with Gasteiger partial charge in [-0.3, -0.25) is 9.78 Å². The standard InChI is InChI=1S/C65H84NSSi.C13H24O2.Ir/c1-16-65(15,17-2)61-40-56(39-54-20-18-19-21-60(54)61)63-64-55(22-23-66-63)41-62(67-64)68(57-33-48(24-42(3)4)30-49(34-57)25-43(5)6,58-35-50(26-44(7)8)31-51(36-58)27-45(9)10)59-37-52(28-46(11)12)32-53(38-59)29-47(13)14;1-5-10(6-2)12(14)9-13(15)11(7-3)8-4;/h18-23,30-38,40-47H,16-17,24-29H2,1-15H3;9-11,14H,5-8H2,1-4H3;/q-1;;/b;12-9-;. The summed E-state index contributed by atoms with van der Waals surface area (Å²) in [4.78, 5) is 17.1. The van der Waals surface area contributed by atoms with Crippen LogP contribution in [0.25, 0.3) is 32.1 Å². The minimum absolute atomic E-state index is 0. The molecule has 0 aliphatic rings. The zero-order chi connectivity index (χ0) is 60.9. The van der Waals surface area contributed by atoms with Crippen LogP contribution >= 0.6 is 11.3 Å². The average Bonchev–Trinajstić information content (AvgIpc) is 4.07. The van der Waals surface area contributed by atoms with Crippen molar-refractivity contribution in [1.29, 1.82) is 0 Å². The van der Waals surface area contributed by atoms with Gasteiger partial charge in [0.1, 0.15) is 0 Å². The Hall–Kier alpha value is -4.45. The van der Waals surface area contributed by atoms with Crippen LogP contribution in [0.4, 0.5) is 0 Å². The van der Waals surface area contributed by atoms with E-state index in [1.807, 2.05) is 39.0 Å². The normalized spacial score (nSPS) is 12.5. The molecule has 2 heterocycles. The molecule has 0 spiro atoms. The van der Waals surface area contributed by atoms with Gasteiger partial charge in [-0.05, 0) is 184 Å². The van der Waals surface area contributed by atoms with Crippen molar-refractivity contribution in [2.45, 2.75) is 214 Å². The van der Waals surface area contributed by atoms with Crippen LogP contribution in [0.1, 0.15) is 209 Å². The van der Waals surface area contributed by atoms with E-state index in [1.54, 1.807) is 0 Å². The predicted octanol–water partition coefficient (Wildman–Crippen LogP) is 19.4. The van der Waals surface area contributed by atoms with Gasteiger partial charge >= 0.3 is 0 Å². The summed E-state index contributed by atoms with van der Waals surface area (Å²) >= 11 is 2.04. The summed E-state index contributed by atoms with van der Waals surface area (Å²) in [5.41, 5.74) is 12.5. The largest absolute Gasteiger partial charge is 0.512 e. The van der Waals surface area contributed by atoms with E-state index < -0.39 is 8.07 Å². The molecule has 1 radical (unpaired) electrons. The third-order valence-corrected chi connectivity index (χ3v) is 24.0. The zero-order valence-electron chi connectivity index (χ0n) is 55.5. The van der Waals surface area contributed by atoms with Crippen molar-refractivity contribution in [1.82, 2.24) is 4.98 Å². The van der Waals surface area contributed by atoms with Crippen molar-refractivity contribution >= 4 is 66.1 Å². The first-order chi connectivity index (χ1) is 39.4. The molecule has 84 heavy (non-hydrogen) atoms. The van der Waals surface area contributed by atoms with Gasteiger partial charge in [-0.2, -0.15) is 0 Å². The first-order valence-corrected chi connectivity index (χ1v) is 35.4. The number of carbonyl (C=O) groups is 1. The summed E-state index contributed by atoms with van der Waals surface area (Å²) in [6.45, 7) is 43.9. The molecule has 457 valence electrons. The molecule has 7 rings (SSSR count). The molecular formula is C78H108IrNO2SSi-. The summed E-state index contributed by atoms with van der Waals surface area (Å²) in [7, 11) is -3.12. The van der Waals surface area contributed by atoms with Crippen LogP contribution in [-0.4, -0.2) is 23.9 Å². The molecule has 1 N–H and O–H groups in total. The summed E-state index contributed by atoms with van der Waals surface area (Å²) in [6.07, 6.45) is 15.5. The van der Waals surface area contributed by atoms with Crippen molar-refractivity contribution in [2.24, 2.45) is 47.3 Å². The fourth-order valence-electron chi connectivity index (χ4n) is 13.0. The Morgan fingerprint density at radius 2 is 0.952 bits per heavy atom. The Bertz CT molecular complexity index is 3000. The molecule has 0 saturated heterocycles. The number of hydrogen-bond donors (Lipinski definition) is 1. The Morgan fingerprint density at radius 1 is 0.560 bits per heavy atom. The molecule has 0 bridgehead atoms. The van der Waals surface area contributed by atoms with Gasteiger partial charge in [0.15, 0.2) is 13.9 Å². The van der Waals surface area contributed by atoms with E-state index in [4.69, 9.17) is 4.98 Å². The maximum absolute atomic E-state index is 11.7.